The van der Waals surface area contributed by atoms with Crippen LogP contribution in [-0.2, 0) is 21.2 Å². The zero-order chi connectivity index (χ0) is 14.8. The van der Waals surface area contributed by atoms with Crippen LogP contribution in [0.4, 0.5) is 0 Å². The number of carbonyl (C=O) groups is 1. The maximum atomic E-state index is 11.9. The molecule has 1 rings (SSSR count). The minimum absolute atomic E-state index is 0.521. The summed E-state index contributed by atoms with van der Waals surface area (Å²) in [6, 6.07) is 7.48. The van der Waals surface area contributed by atoms with Gasteiger partial charge in [0.1, 0.15) is 0 Å². The summed E-state index contributed by atoms with van der Waals surface area (Å²) in [6.07, 6.45) is 5.59. The van der Waals surface area contributed by atoms with E-state index in [9.17, 15) is 4.79 Å². The minimum Gasteiger partial charge on any atom is -0.263 e. The smallest absolute Gasteiger partial charge is 0.263 e. The summed E-state index contributed by atoms with van der Waals surface area (Å²) in [5, 5.41) is 4.25. The van der Waals surface area contributed by atoms with Gasteiger partial charge in [-0.15, -0.1) is 0 Å². The quantitative estimate of drug-likeness (QED) is 0.504. The third-order valence-corrected chi connectivity index (χ3v) is 3.47. The summed E-state index contributed by atoms with van der Waals surface area (Å²) in [4.78, 5) is 20.7. The number of benzene rings is 1. The van der Waals surface area contributed by atoms with Crippen LogP contribution in [0.3, 0.4) is 0 Å². The van der Waals surface area contributed by atoms with Crippen molar-refractivity contribution in [2.45, 2.75) is 46.0 Å². The Kier molecular flexibility index (Phi) is 7.92. The highest BCUT2D eigenvalue weighted by atomic mass is 17.5. The normalized spacial score (nSPS) is 12.2. The summed E-state index contributed by atoms with van der Waals surface area (Å²) in [5.74, 6) is 0.0695. The predicted octanol–water partition coefficient (Wildman–Crippen LogP) is 4.10. The van der Waals surface area contributed by atoms with Crippen LogP contribution >= 0.6 is 0 Å². The van der Waals surface area contributed by atoms with Crippen molar-refractivity contribution in [1.29, 1.82) is 0 Å². The van der Waals surface area contributed by atoms with Gasteiger partial charge < -0.3 is 0 Å². The van der Waals surface area contributed by atoms with Gasteiger partial charge in [0.2, 0.25) is 0 Å². The van der Waals surface area contributed by atoms with Gasteiger partial charge in [0.05, 0.1) is 12.7 Å². The van der Waals surface area contributed by atoms with Crippen LogP contribution in [0.15, 0.2) is 24.3 Å². The van der Waals surface area contributed by atoms with E-state index in [1.165, 1.54) is 26.4 Å². The van der Waals surface area contributed by atoms with Crippen LogP contribution in [0.2, 0.25) is 0 Å². The van der Waals surface area contributed by atoms with Crippen molar-refractivity contribution < 1.29 is 19.6 Å². The van der Waals surface area contributed by atoms with Crippen molar-refractivity contribution in [3.05, 3.63) is 35.4 Å². The molecule has 0 aliphatic carbocycles. The van der Waals surface area contributed by atoms with Gasteiger partial charge in [-0.2, -0.15) is 4.89 Å². The molecule has 20 heavy (non-hydrogen) atoms. The predicted molar refractivity (Wildman–Crippen MR) is 77.0 cm³/mol. The van der Waals surface area contributed by atoms with E-state index in [1.54, 1.807) is 6.07 Å². The highest BCUT2D eigenvalue weighted by molar-refractivity contribution is 5.90. The molecule has 1 aromatic carbocycles. The second-order valence-corrected chi connectivity index (χ2v) is 4.88. The summed E-state index contributed by atoms with van der Waals surface area (Å²) in [7, 11) is 1.29. The molecular formula is C16H24O4. The van der Waals surface area contributed by atoms with Gasteiger partial charge in [0.25, 0.3) is 0 Å². The standard InChI is InChI=1S/C16H24O4/c1-4-6-9-13(5-2)12-14-10-7-8-11-15(14)16(17)19-20-18-3/h7-8,10-11,13H,4-6,9,12H2,1-3H3. The van der Waals surface area contributed by atoms with E-state index in [0.717, 1.165) is 18.4 Å². The van der Waals surface area contributed by atoms with E-state index in [-0.39, 0.29) is 0 Å². The molecule has 1 aromatic rings. The topological polar surface area (TPSA) is 44.8 Å². The minimum atomic E-state index is -0.521. The first-order chi connectivity index (χ1) is 9.72. The van der Waals surface area contributed by atoms with E-state index in [1.807, 2.05) is 18.2 Å². The van der Waals surface area contributed by atoms with Crippen molar-refractivity contribution in [1.82, 2.24) is 0 Å². The Hall–Kier alpha value is -1.39. The van der Waals surface area contributed by atoms with Gasteiger partial charge in [-0.05, 0) is 29.0 Å². The highest BCUT2D eigenvalue weighted by Crippen LogP contribution is 2.21. The Labute approximate surface area is 120 Å². The van der Waals surface area contributed by atoms with E-state index in [2.05, 4.69) is 28.7 Å². The van der Waals surface area contributed by atoms with Crippen LogP contribution in [0, 0.1) is 5.92 Å². The SMILES string of the molecule is CCCCC(CC)Cc1ccccc1C(=O)OOOC. The molecule has 0 spiro atoms. The van der Waals surface area contributed by atoms with Crippen LogP contribution in [0.1, 0.15) is 55.5 Å². The van der Waals surface area contributed by atoms with Gasteiger partial charge in [0.15, 0.2) is 0 Å². The molecule has 1 atom stereocenters. The first-order valence-corrected chi connectivity index (χ1v) is 7.22. The number of hydrogen-bond donors (Lipinski definition) is 0. The molecule has 0 amide bonds. The lowest BCUT2D eigenvalue weighted by atomic mass is 9.90. The van der Waals surface area contributed by atoms with Crippen LogP contribution in [-0.4, -0.2) is 13.1 Å². The van der Waals surface area contributed by atoms with Crippen molar-refractivity contribution in [3.63, 3.8) is 0 Å². The second-order valence-electron chi connectivity index (χ2n) is 4.88. The monoisotopic (exact) mass is 280 g/mol. The average molecular weight is 280 g/mol. The molecule has 0 N–H and O–H groups in total. The summed E-state index contributed by atoms with van der Waals surface area (Å²) < 4.78 is 0. The Bertz CT molecular complexity index is 403. The number of hydrogen-bond acceptors (Lipinski definition) is 4. The summed E-state index contributed by atoms with van der Waals surface area (Å²) in [5.41, 5.74) is 1.54. The number of rotatable bonds is 9. The molecule has 0 fully saturated rings. The summed E-state index contributed by atoms with van der Waals surface area (Å²) >= 11 is 0. The molecule has 0 radical (unpaired) electrons. The molecule has 0 aromatic heterocycles. The molecule has 0 aliphatic rings. The summed E-state index contributed by atoms with van der Waals surface area (Å²) in [6.45, 7) is 4.38. The lowest BCUT2D eigenvalue weighted by Crippen LogP contribution is -2.12. The number of unbranched alkanes of at least 4 members (excludes halogenated alkanes) is 1. The third kappa shape index (κ3) is 5.31. The molecule has 4 nitrogen and oxygen atoms in total. The zero-order valence-electron chi connectivity index (χ0n) is 12.6. The van der Waals surface area contributed by atoms with Gasteiger partial charge >= 0.3 is 5.97 Å². The lowest BCUT2D eigenvalue weighted by Gasteiger charge is -2.16. The number of carbonyl (C=O) groups excluding carboxylic acids is 1. The van der Waals surface area contributed by atoms with Gasteiger partial charge in [-0.3, -0.25) is 4.89 Å². The van der Waals surface area contributed by atoms with E-state index in [0.29, 0.717) is 11.5 Å². The largest absolute Gasteiger partial charge is 0.376 e. The molecule has 112 valence electrons. The maximum absolute atomic E-state index is 11.9. The highest BCUT2D eigenvalue weighted by Gasteiger charge is 2.16. The van der Waals surface area contributed by atoms with E-state index in [4.69, 9.17) is 0 Å². The van der Waals surface area contributed by atoms with Crippen LogP contribution in [0.5, 0.6) is 0 Å². The van der Waals surface area contributed by atoms with E-state index < -0.39 is 5.97 Å². The first kappa shape index (κ1) is 16.7. The molecule has 0 bridgehead atoms. The van der Waals surface area contributed by atoms with Crippen molar-refractivity contribution in [2.24, 2.45) is 5.92 Å². The Morgan fingerprint density at radius 1 is 1.25 bits per heavy atom. The molecule has 0 saturated heterocycles. The van der Waals surface area contributed by atoms with Crippen LogP contribution < -0.4 is 0 Å². The average Bonchev–Trinajstić information content (AvgIpc) is 2.49. The van der Waals surface area contributed by atoms with Gasteiger partial charge in [-0.25, -0.2) is 4.79 Å². The Morgan fingerprint density at radius 2 is 2.00 bits per heavy atom. The van der Waals surface area contributed by atoms with Crippen molar-refractivity contribution in [2.75, 3.05) is 7.11 Å². The maximum Gasteiger partial charge on any atom is 0.376 e. The van der Waals surface area contributed by atoms with Gasteiger partial charge in [-0.1, -0.05) is 57.7 Å². The Balaban J connectivity index is 2.75. The van der Waals surface area contributed by atoms with E-state index >= 15 is 0 Å². The Morgan fingerprint density at radius 3 is 2.65 bits per heavy atom. The molecular weight excluding hydrogens is 256 g/mol. The van der Waals surface area contributed by atoms with Crippen LogP contribution in [0.25, 0.3) is 0 Å². The zero-order valence-corrected chi connectivity index (χ0v) is 12.6. The second kappa shape index (κ2) is 9.50. The molecule has 0 aliphatic heterocycles. The molecule has 4 heteroatoms. The fourth-order valence-electron chi connectivity index (χ4n) is 2.26. The van der Waals surface area contributed by atoms with Crippen molar-refractivity contribution in [3.8, 4) is 0 Å². The fraction of sp³-hybridized carbons (Fsp3) is 0.562. The third-order valence-electron chi connectivity index (χ3n) is 3.47. The van der Waals surface area contributed by atoms with Crippen molar-refractivity contribution >= 4 is 5.97 Å². The molecule has 0 saturated carbocycles. The fourth-order valence-corrected chi connectivity index (χ4v) is 2.26. The molecule has 0 heterocycles. The lowest BCUT2D eigenvalue weighted by molar-refractivity contribution is -0.469. The molecule has 1 unspecified atom stereocenters. The van der Waals surface area contributed by atoms with Gasteiger partial charge in [0, 0.05) is 0 Å². The first-order valence-electron chi connectivity index (χ1n) is 7.22.